The monoisotopic (exact) mass is 421 g/mol. The van der Waals surface area contributed by atoms with Crippen molar-refractivity contribution in [1.29, 1.82) is 0 Å². The maximum Gasteiger partial charge on any atom is 0.416 e. The number of alkyl halides is 3. The van der Waals surface area contributed by atoms with Crippen molar-refractivity contribution in [2.45, 2.75) is 30.8 Å². The first-order chi connectivity index (χ1) is 11.0. The minimum atomic E-state index is -4.61. The van der Waals surface area contributed by atoms with E-state index in [1.165, 1.54) is 0 Å². The van der Waals surface area contributed by atoms with Crippen molar-refractivity contribution in [1.82, 2.24) is 0 Å². The van der Waals surface area contributed by atoms with E-state index in [1.54, 1.807) is 18.2 Å². The van der Waals surface area contributed by atoms with E-state index >= 15 is 0 Å². The third-order valence-electron chi connectivity index (χ3n) is 3.38. The average Bonchev–Trinajstić information content (AvgIpc) is 2.48. The molecule has 0 heterocycles. The molecule has 0 aliphatic heterocycles. The molecule has 0 spiro atoms. The van der Waals surface area contributed by atoms with Crippen molar-refractivity contribution in [3.63, 3.8) is 0 Å². The van der Waals surface area contributed by atoms with Crippen LogP contribution in [0.4, 0.5) is 18.9 Å². The molecule has 0 bridgehead atoms. The van der Waals surface area contributed by atoms with Crippen molar-refractivity contribution in [3.8, 4) is 0 Å². The second-order valence-corrected chi connectivity index (χ2v) is 8.06. The van der Waals surface area contributed by atoms with Gasteiger partial charge in [0.05, 0.1) is 16.1 Å². The number of anilines is 1. The fraction of sp³-hybridized carbons (Fsp3) is 0.250. The van der Waals surface area contributed by atoms with Crippen molar-refractivity contribution < 1.29 is 21.6 Å². The fourth-order valence-electron chi connectivity index (χ4n) is 2.02. The Kier molecular flexibility index (Phi) is 5.29. The van der Waals surface area contributed by atoms with Crippen LogP contribution in [0.2, 0.25) is 0 Å². The van der Waals surface area contributed by atoms with Crippen molar-refractivity contribution in [3.05, 3.63) is 58.1 Å². The molecule has 2 rings (SSSR count). The highest BCUT2D eigenvalue weighted by atomic mass is 79.9. The highest BCUT2D eigenvalue weighted by Crippen LogP contribution is 2.32. The molecule has 1 N–H and O–H groups in total. The summed E-state index contributed by atoms with van der Waals surface area (Å²) < 4.78 is 65.8. The van der Waals surface area contributed by atoms with E-state index in [0.717, 1.165) is 23.8 Å². The van der Waals surface area contributed by atoms with Gasteiger partial charge in [0.2, 0.25) is 0 Å². The zero-order valence-corrected chi connectivity index (χ0v) is 15.3. The summed E-state index contributed by atoms with van der Waals surface area (Å²) in [6, 6.07) is 8.73. The zero-order valence-electron chi connectivity index (χ0n) is 12.9. The highest BCUT2D eigenvalue weighted by molar-refractivity contribution is 9.10. The normalized spacial score (nSPS) is 12.5. The molecule has 0 aliphatic carbocycles. The van der Waals surface area contributed by atoms with Gasteiger partial charge in [-0.2, -0.15) is 13.2 Å². The molecule has 8 heteroatoms. The molecular formula is C16H15BrF3NO2S. The summed E-state index contributed by atoms with van der Waals surface area (Å²) in [6.45, 7) is 3.99. The largest absolute Gasteiger partial charge is 0.416 e. The maximum atomic E-state index is 12.7. The lowest BCUT2D eigenvalue weighted by molar-refractivity contribution is -0.137. The SMILES string of the molecule is CC(C)c1ccc(NS(=O)(=O)c2cccc(C(F)(F)F)c2)c(Br)c1. The van der Waals surface area contributed by atoms with Gasteiger partial charge in [0.1, 0.15) is 0 Å². The predicted octanol–water partition coefficient (Wildman–Crippen LogP) is 5.39. The molecular weight excluding hydrogens is 407 g/mol. The standard InChI is InChI=1S/C16H15BrF3NO2S/c1-10(2)11-6-7-15(14(17)8-11)21-24(22,23)13-5-3-4-12(9-13)16(18,19)20/h3-10,21H,1-2H3. The van der Waals surface area contributed by atoms with Gasteiger partial charge in [-0.05, 0) is 57.7 Å². The van der Waals surface area contributed by atoms with Gasteiger partial charge in [-0.25, -0.2) is 8.42 Å². The Labute approximate surface area is 147 Å². The van der Waals surface area contributed by atoms with Gasteiger partial charge in [0.25, 0.3) is 10.0 Å². The summed E-state index contributed by atoms with van der Waals surface area (Å²) in [5.41, 5.74) is 0.250. The molecule has 0 saturated heterocycles. The molecule has 2 aromatic carbocycles. The van der Waals surface area contributed by atoms with Crippen molar-refractivity contribution in [2.75, 3.05) is 4.72 Å². The maximum absolute atomic E-state index is 12.7. The summed E-state index contributed by atoms with van der Waals surface area (Å²) in [4.78, 5) is -0.447. The van der Waals surface area contributed by atoms with Crippen molar-refractivity contribution >= 4 is 31.6 Å². The molecule has 0 atom stereocenters. The van der Waals surface area contributed by atoms with Crippen LogP contribution in [0.5, 0.6) is 0 Å². The average molecular weight is 422 g/mol. The molecule has 2 aromatic rings. The van der Waals surface area contributed by atoms with Gasteiger partial charge in [-0.15, -0.1) is 0 Å². The first-order valence-corrected chi connectivity index (χ1v) is 9.28. The first kappa shape index (κ1) is 18.8. The summed E-state index contributed by atoms with van der Waals surface area (Å²) in [5, 5.41) is 0. The molecule has 0 fully saturated rings. The highest BCUT2D eigenvalue weighted by Gasteiger charge is 2.31. The van der Waals surface area contributed by atoms with Crippen LogP contribution in [0.1, 0.15) is 30.9 Å². The molecule has 0 aliphatic rings. The van der Waals surface area contributed by atoms with Gasteiger partial charge in [-0.3, -0.25) is 4.72 Å². The van der Waals surface area contributed by atoms with Crippen LogP contribution in [-0.2, 0) is 16.2 Å². The fourth-order valence-corrected chi connectivity index (χ4v) is 3.77. The molecule has 0 radical (unpaired) electrons. The number of nitrogens with one attached hydrogen (secondary N) is 1. The number of benzene rings is 2. The molecule has 3 nitrogen and oxygen atoms in total. The Morgan fingerprint density at radius 2 is 1.75 bits per heavy atom. The lowest BCUT2D eigenvalue weighted by Gasteiger charge is -2.13. The van der Waals surface area contributed by atoms with Gasteiger partial charge >= 0.3 is 6.18 Å². The minimum absolute atomic E-state index is 0.260. The van der Waals surface area contributed by atoms with Crippen LogP contribution in [-0.4, -0.2) is 8.42 Å². The second-order valence-electron chi connectivity index (χ2n) is 5.53. The van der Waals surface area contributed by atoms with E-state index < -0.39 is 26.7 Å². The third-order valence-corrected chi connectivity index (χ3v) is 5.40. The van der Waals surface area contributed by atoms with Crippen LogP contribution in [0.15, 0.2) is 51.8 Å². The molecule has 24 heavy (non-hydrogen) atoms. The Bertz CT molecular complexity index is 849. The first-order valence-electron chi connectivity index (χ1n) is 7.00. The summed E-state index contributed by atoms with van der Waals surface area (Å²) >= 11 is 3.28. The van der Waals surface area contributed by atoms with Crippen molar-refractivity contribution in [2.24, 2.45) is 0 Å². The molecule has 130 valence electrons. The van der Waals surface area contributed by atoms with E-state index in [9.17, 15) is 21.6 Å². The number of hydrogen-bond acceptors (Lipinski definition) is 2. The third kappa shape index (κ3) is 4.30. The van der Waals surface area contributed by atoms with E-state index in [0.29, 0.717) is 10.5 Å². The molecule has 0 saturated carbocycles. The Hall–Kier alpha value is -1.54. The summed E-state index contributed by atoms with van der Waals surface area (Å²) in [5.74, 6) is 0.260. The number of sulfonamides is 1. The second kappa shape index (κ2) is 6.76. The Balaban J connectivity index is 2.36. The lowest BCUT2D eigenvalue weighted by atomic mass is 10.0. The lowest BCUT2D eigenvalue weighted by Crippen LogP contribution is -2.15. The van der Waals surface area contributed by atoms with Crippen LogP contribution >= 0.6 is 15.9 Å². The predicted molar refractivity (Wildman–Crippen MR) is 90.5 cm³/mol. The molecule has 0 aromatic heterocycles. The summed E-state index contributed by atoms with van der Waals surface area (Å²) in [6.07, 6.45) is -4.61. The quantitative estimate of drug-likeness (QED) is 0.718. The van der Waals surface area contributed by atoms with E-state index in [2.05, 4.69) is 20.7 Å². The van der Waals surface area contributed by atoms with Gasteiger partial charge in [0, 0.05) is 4.47 Å². The van der Waals surface area contributed by atoms with E-state index in [1.807, 2.05) is 13.8 Å². The molecule has 0 amide bonds. The Morgan fingerprint density at radius 1 is 1.08 bits per heavy atom. The van der Waals surface area contributed by atoms with E-state index in [-0.39, 0.29) is 11.6 Å². The van der Waals surface area contributed by atoms with Crippen LogP contribution < -0.4 is 4.72 Å². The van der Waals surface area contributed by atoms with E-state index in [4.69, 9.17) is 0 Å². The number of hydrogen-bond donors (Lipinski definition) is 1. The topological polar surface area (TPSA) is 46.2 Å². The van der Waals surface area contributed by atoms with Crippen LogP contribution in [0, 0.1) is 0 Å². The minimum Gasteiger partial charge on any atom is -0.278 e. The van der Waals surface area contributed by atoms with Crippen LogP contribution in [0.25, 0.3) is 0 Å². The summed E-state index contributed by atoms with van der Waals surface area (Å²) in [7, 11) is -4.13. The Morgan fingerprint density at radius 3 is 2.29 bits per heavy atom. The van der Waals surface area contributed by atoms with Crippen LogP contribution in [0.3, 0.4) is 0 Å². The van der Waals surface area contributed by atoms with Gasteiger partial charge in [-0.1, -0.05) is 26.0 Å². The smallest absolute Gasteiger partial charge is 0.278 e. The van der Waals surface area contributed by atoms with Gasteiger partial charge in [0.15, 0.2) is 0 Å². The zero-order chi connectivity index (χ0) is 18.1. The van der Waals surface area contributed by atoms with Gasteiger partial charge < -0.3 is 0 Å². The number of halogens is 4. The molecule has 0 unspecified atom stereocenters. The number of rotatable bonds is 4.